The minimum absolute atomic E-state index is 0.109. The van der Waals surface area contributed by atoms with Crippen molar-refractivity contribution in [3.05, 3.63) is 0 Å². The van der Waals surface area contributed by atoms with Gasteiger partial charge in [-0.25, -0.2) is 0 Å². The van der Waals surface area contributed by atoms with Crippen molar-refractivity contribution in [2.24, 2.45) is 11.7 Å². The molecule has 0 heterocycles. The zero-order valence-electron chi connectivity index (χ0n) is 21.2. The lowest BCUT2D eigenvalue weighted by Crippen LogP contribution is -2.47. The summed E-state index contributed by atoms with van der Waals surface area (Å²) in [7, 11) is 0. The minimum atomic E-state index is 0.109. The van der Waals surface area contributed by atoms with Gasteiger partial charge in [0.2, 0.25) is 0 Å². The summed E-state index contributed by atoms with van der Waals surface area (Å²) in [6, 6.07) is 0. The van der Waals surface area contributed by atoms with Gasteiger partial charge in [-0.15, -0.1) is 0 Å². The Balaban J connectivity index is 4.51. The number of nitrogens with two attached hydrogens (primary N) is 1. The van der Waals surface area contributed by atoms with E-state index < -0.39 is 0 Å². The van der Waals surface area contributed by atoms with Crippen LogP contribution in [0.4, 0.5) is 0 Å². The molecular weight excluding hydrogens is 350 g/mol. The van der Waals surface area contributed by atoms with Gasteiger partial charge in [-0.05, 0) is 31.6 Å². The van der Waals surface area contributed by atoms with Crippen LogP contribution in [0.25, 0.3) is 0 Å². The Kier molecular flexibility index (Phi) is 21.2. The molecule has 2 N–H and O–H groups in total. The molecule has 176 valence electrons. The molecule has 0 fully saturated rings. The lowest BCUT2D eigenvalue weighted by molar-refractivity contribution is 0.190. The molecule has 0 aromatic carbocycles. The summed E-state index contributed by atoms with van der Waals surface area (Å²) in [5.74, 6) is 0.757. The monoisotopic (exact) mass is 409 g/mol. The molecule has 0 aliphatic carbocycles. The minimum Gasteiger partial charge on any atom is -0.325 e. The molecule has 0 saturated carbocycles. The van der Waals surface area contributed by atoms with E-state index in [0.29, 0.717) is 0 Å². The number of hydrogen-bond acceptors (Lipinski definition) is 1. The van der Waals surface area contributed by atoms with Crippen molar-refractivity contribution in [1.82, 2.24) is 0 Å². The van der Waals surface area contributed by atoms with Gasteiger partial charge in [-0.2, -0.15) is 0 Å². The van der Waals surface area contributed by atoms with Gasteiger partial charge >= 0.3 is 0 Å². The van der Waals surface area contributed by atoms with E-state index in [0.717, 1.165) is 5.92 Å². The third-order valence-electron chi connectivity index (χ3n) is 7.12. The van der Waals surface area contributed by atoms with E-state index in [-0.39, 0.29) is 5.54 Å². The third-order valence-corrected chi connectivity index (χ3v) is 7.12. The Morgan fingerprint density at radius 3 is 1.21 bits per heavy atom. The van der Waals surface area contributed by atoms with Crippen LogP contribution in [0.2, 0.25) is 0 Å². The van der Waals surface area contributed by atoms with E-state index in [2.05, 4.69) is 27.7 Å². The molecular formula is C28H59N. The Morgan fingerprint density at radius 1 is 0.448 bits per heavy atom. The summed E-state index contributed by atoms with van der Waals surface area (Å²) in [6.45, 7) is 9.26. The molecule has 0 radical (unpaired) electrons. The Bertz CT molecular complexity index is 301. The van der Waals surface area contributed by atoms with E-state index in [1.165, 1.54) is 141 Å². The molecule has 0 aromatic rings. The van der Waals surface area contributed by atoms with Crippen molar-refractivity contribution < 1.29 is 0 Å². The zero-order valence-corrected chi connectivity index (χ0v) is 21.2. The number of rotatable bonds is 23. The molecule has 29 heavy (non-hydrogen) atoms. The van der Waals surface area contributed by atoms with Gasteiger partial charge in [0.1, 0.15) is 0 Å². The summed E-state index contributed by atoms with van der Waals surface area (Å²) in [5, 5.41) is 0. The molecule has 1 atom stereocenters. The average Bonchev–Trinajstić information content (AvgIpc) is 2.71. The highest BCUT2D eigenvalue weighted by atomic mass is 14.8. The van der Waals surface area contributed by atoms with Crippen LogP contribution in [0, 0.1) is 5.92 Å². The third kappa shape index (κ3) is 16.3. The van der Waals surface area contributed by atoms with E-state index in [1.54, 1.807) is 0 Å². The topological polar surface area (TPSA) is 26.0 Å². The van der Waals surface area contributed by atoms with Crippen molar-refractivity contribution in [3.8, 4) is 0 Å². The van der Waals surface area contributed by atoms with Crippen LogP contribution < -0.4 is 5.73 Å². The fourth-order valence-electron chi connectivity index (χ4n) is 5.00. The van der Waals surface area contributed by atoms with Crippen LogP contribution in [-0.2, 0) is 0 Å². The molecule has 0 amide bonds. The van der Waals surface area contributed by atoms with Gasteiger partial charge in [-0.1, -0.05) is 143 Å². The van der Waals surface area contributed by atoms with Gasteiger partial charge in [0.05, 0.1) is 0 Å². The standard InChI is InChI=1S/C28H59N/c1-5-9-13-14-15-16-17-18-20-24-27(23-19-10-6-2)28(29,25-21-11-7-3)26-22-12-8-4/h27H,5-26,29H2,1-4H3. The second kappa shape index (κ2) is 21.2. The normalized spacial score (nSPS) is 13.1. The lowest BCUT2D eigenvalue weighted by Gasteiger charge is -2.39. The summed E-state index contributed by atoms with van der Waals surface area (Å²) in [4.78, 5) is 0. The summed E-state index contributed by atoms with van der Waals surface area (Å²) in [5.41, 5.74) is 7.32. The molecule has 0 saturated heterocycles. The van der Waals surface area contributed by atoms with Crippen molar-refractivity contribution in [1.29, 1.82) is 0 Å². The Morgan fingerprint density at radius 2 is 0.759 bits per heavy atom. The highest BCUT2D eigenvalue weighted by Gasteiger charge is 2.32. The average molecular weight is 410 g/mol. The van der Waals surface area contributed by atoms with Crippen LogP contribution in [-0.4, -0.2) is 5.54 Å². The van der Waals surface area contributed by atoms with Crippen LogP contribution in [0.1, 0.15) is 169 Å². The van der Waals surface area contributed by atoms with E-state index in [4.69, 9.17) is 5.73 Å². The van der Waals surface area contributed by atoms with E-state index >= 15 is 0 Å². The molecule has 1 heteroatoms. The second-order valence-electron chi connectivity index (χ2n) is 9.96. The molecule has 0 aliphatic heterocycles. The molecule has 0 rings (SSSR count). The highest BCUT2D eigenvalue weighted by molar-refractivity contribution is 4.91. The van der Waals surface area contributed by atoms with Crippen molar-refractivity contribution in [2.45, 2.75) is 174 Å². The van der Waals surface area contributed by atoms with Crippen molar-refractivity contribution >= 4 is 0 Å². The maximum atomic E-state index is 7.21. The first-order valence-corrected chi connectivity index (χ1v) is 13.9. The van der Waals surface area contributed by atoms with Crippen molar-refractivity contribution in [2.75, 3.05) is 0 Å². The Hall–Kier alpha value is -0.0400. The van der Waals surface area contributed by atoms with Crippen LogP contribution >= 0.6 is 0 Å². The SMILES string of the molecule is CCCCCCCCCCCC(CCCCC)C(N)(CCCCC)CCCCC. The molecule has 1 unspecified atom stereocenters. The van der Waals surface area contributed by atoms with Gasteiger partial charge in [0.25, 0.3) is 0 Å². The fraction of sp³-hybridized carbons (Fsp3) is 1.00. The highest BCUT2D eigenvalue weighted by Crippen LogP contribution is 2.35. The summed E-state index contributed by atoms with van der Waals surface area (Å²) in [6.07, 6.45) is 30.2. The molecule has 0 spiro atoms. The van der Waals surface area contributed by atoms with Gasteiger partial charge in [0.15, 0.2) is 0 Å². The predicted octanol–water partition coefficient (Wildman–Crippen LogP) is 9.96. The zero-order chi connectivity index (χ0) is 21.6. The van der Waals surface area contributed by atoms with Gasteiger partial charge in [-0.3, -0.25) is 0 Å². The van der Waals surface area contributed by atoms with Crippen LogP contribution in [0.3, 0.4) is 0 Å². The summed E-state index contributed by atoms with van der Waals surface area (Å²) < 4.78 is 0. The first-order valence-electron chi connectivity index (χ1n) is 13.9. The van der Waals surface area contributed by atoms with Crippen LogP contribution in [0.5, 0.6) is 0 Å². The first-order chi connectivity index (χ1) is 14.1. The molecule has 0 bridgehead atoms. The molecule has 0 aromatic heterocycles. The first kappa shape index (κ1) is 29.0. The second-order valence-corrected chi connectivity index (χ2v) is 9.96. The number of unbranched alkanes of at least 4 members (excludes halogenated alkanes) is 14. The quantitative estimate of drug-likeness (QED) is 0.167. The van der Waals surface area contributed by atoms with Crippen LogP contribution in [0.15, 0.2) is 0 Å². The van der Waals surface area contributed by atoms with Crippen molar-refractivity contribution in [3.63, 3.8) is 0 Å². The summed E-state index contributed by atoms with van der Waals surface area (Å²) >= 11 is 0. The van der Waals surface area contributed by atoms with E-state index in [1.807, 2.05) is 0 Å². The molecule has 1 nitrogen and oxygen atoms in total. The maximum absolute atomic E-state index is 7.21. The molecule has 0 aliphatic rings. The fourth-order valence-corrected chi connectivity index (χ4v) is 5.00. The van der Waals surface area contributed by atoms with Gasteiger partial charge in [0, 0.05) is 5.54 Å². The predicted molar refractivity (Wildman–Crippen MR) is 135 cm³/mol. The lowest BCUT2D eigenvalue weighted by atomic mass is 9.72. The Labute approximate surface area is 186 Å². The largest absolute Gasteiger partial charge is 0.325 e. The van der Waals surface area contributed by atoms with Gasteiger partial charge < -0.3 is 5.73 Å². The number of hydrogen-bond donors (Lipinski definition) is 1. The smallest absolute Gasteiger partial charge is 0.0182 e. The maximum Gasteiger partial charge on any atom is 0.0182 e. The van der Waals surface area contributed by atoms with E-state index in [9.17, 15) is 0 Å².